The van der Waals surface area contributed by atoms with Crippen molar-refractivity contribution in [1.82, 2.24) is 5.32 Å². The number of nitrogens with two attached hydrogens (primary N) is 1. The number of carboxylic acids is 1. The molecule has 4 N–H and O–H groups in total. The number of nitrogens with one attached hydrogen (secondary N) is 1. The van der Waals surface area contributed by atoms with Crippen molar-refractivity contribution in [3.05, 3.63) is 0 Å². The van der Waals surface area contributed by atoms with Crippen LogP contribution in [0.4, 0.5) is 0 Å². The summed E-state index contributed by atoms with van der Waals surface area (Å²) in [6.07, 6.45) is 0. The molecule has 0 aromatic rings. The summed E-state index contributed by atoms with van der Waals surface area (Å²) in [6.45, 7) is 1.40. The van der Waals surface area contributed by atoms with Gasteiger partial charge in [0.25, 0.3) is 0 Å². The fourth-order valence-corrected chi connectivity index (χ4v) is 1.23. The number of carbonyl (C=O) groups is 2. The zero-order valence-corrected chi connectivity index (χ0v) is 8.78. The Morgan fingerprint density at radius 1 is 1.62 bits per heavy atom. The Morgan fingerprint density at radius 2 is 2.15 bits per heavy atom. The largest absolute Gasteiger partial charge is 0.480 e. The predicted octanol–water partition coefficient (Wildman–Crippen LogP) is -0.353. The third kappa shape index (κ3) is 9.45. The SMILES string of the molecule is CC(=O)NCSC[C@@H](N)C(=O)O.Cl. The van der Waals surface area contributed by atoms with Crippen LogP contribution in [0.15, 0.2) is 0 Å². The lowest BCUT2D eigenvalue weighted by atomic mass is 10.4. The number of thioether (sulfide) groups is 1. The average Bonchev–Trinajstić information content (AvgIpc) is 1.97. The molecule has 5 nitrogen and oxygen atoms in total. The fraction of sp³-hybridized carbons (Fsp3) is 0.667. The van der Waals surface area contributed by atoms with Crippen LogP contribution in [0.25, 0.3) is 0 Å². The van der Waals surface area contributed by atoms with Crippen LogP contribution in [0.1, 0.15) is 6.92 Å². The third-order valence-corrected chi connectivity index (χ3v) is 1.98. The first-order valence-electron chi connectivity index (χ1n) is 3.34. The van der Waals surface area contributed by atoms with Crippen molar-refractivity contribution in [2.75, 3.05) is 11.6 Å². The van der Waals surface area contributed by atoms with E-state index in [1.165, 1.54) is 18.7 Å². The second-order valence-corrected chi connectivity index (χ2v) is 3.22. The zero-order valence-electron chi connectivity index (χ0n) is 7.15. The maximum atomic E-state index is 10.4. The van der Waals surface area contributed by atoms with Gasteiger partial charge in [0.2, 0.25) is 5.91 Å². The Bertz CT molecular complexity index is 179. The summed E-state index contributed by atoms with van der Waals surface area (Å²) >= 11 is 1.28. The minimum atomic E-state index is -1.02. The topological polar surface area (TPSA) is 92.4 Å². The first-order valence-corrected chi connectivity index (χ1v) is 4.50. The molecule has 78 valence electrons. The van der Waals surface area contributed by atoms with E-state index in [-0.39, 0.29) is 18.3 Å². The van der Waals surface area contributed by atoms with Crippen LogP contribution in [0.3, 0.4) is 0 Å². The van der Waals surface area contributed by atoms with Gasteiger partial charge in [-0.05, 0) is 0 Å². The van der Waals surface area contributed by atoms with Crippen molar-refractivity contribution in [3.63, 3.8) is 0 Å². The summed E-state index contributed by atoms with van der Waals surface area (Å²) in [4.78, 5) is 20.6. The zero-order chi connectivity index (χ0) is 9.56. The van der Waals surface area contributed by atoms with E-state index in [4.69, 9.17) is 10.8 Å². The van der Waals surface area contributed by atoms with Gasteiger partial charge in [0, 0.05) is 12.7 Å². The van der Waals surface area contributed by atoms with E-state index in [0.717, 1.165) is 0 Å². The van der Waals surface area contributed by atoms with E-state index in [9.17, 15) is 9.59 Å². The second kappa shape index (κ2) is 8.15. The van der Waals surface area contributed by atoms with Crippen LogP contribution >= 0.6 is 24.2 Å². The smallest absolute Gasteiger partial charge is 0.321 e. The second-order valence-electron chi connectivity index (χ2n) is 2.19. The van der Waals surface area contributed by atoms with Gasteiger partial charge in [-0.15, -0.1) is 24.2 Å². The van der Waals surface area contributed by atoms with E-state index >= 15 is 0 Å². The molecule has 0 aliphatic heterocycles. The molecule has 0 aliphatic rings. The number of carboxylic acid groups (broad SMARTS) is 1. The minimum Gasteiger partial charge on any atom is -0.480 e. The highest BCUT2D eigenvalue weighted by atomic mass is 35.5. The van der Waals surface area contributed by atoms with Gasteiger partial charge in [-0.2, -0.15) is 0 Å². The molecule has 0 aromatic heterocycles. The van der Waals surface area contributed by atoms with Crippen LogP contribution in [0.2, 0.25) is 0 Å². The highest BCUT2D eigenvalue weighted by molar-refractivity contribution is 7.99. The number of rotatable bonds is 5. The lowest BCUT2D eigenvalue weighted by molar-refractivity contribution is -0.137. The Balaban J connectivity index is 0. The maximum absolute atomic E-state index is 10.4. The molecule has 0 saturated carbocycles. The molecule has 0 aromatic carbocycles. The van der Waals surface area contributed by atoms with E-state index in [1.54, 1.807) is 0 Å². The maximum Gasteiger partial charge on any atom is 0.321 e. The van der Waals surface area contributed by atoms with Gasteiger partial charge in [-0.1, -0.05) is 0 Å². The van der Waals surface area contributed by atoms with Gasteiger partial charge in [0.15, 0.2) is 0 Å². The Morgan fingerprint density at radius 3 is 2.54 bits per heavy atom. The van der Waals surface area contributed by atoms with Gasteiger partial charge in [0.1, 0.15) is 6.04 Å². The van der Waals surface area contributed by atoms with Crippen LogP contribution in [0.5, 0.6) is 0 Å². The molecule has 0 bridgehead atoms. The third-order valence-electron chi connectivity index (χ3n) is 1.04. The first-order chi connectivity index (χ1) is 5.54. The number of halogens is 1. The number of hydrogen-bond acceptors (Lipinski definition) is 4. The molecule has 0 radical (unpaired) electrons. The van der Waals surface area contributed by atoms with Gasteiger partial charge < -0.3 is 16.2 Å². The molecular weight excluding hydrogens is 216 g/mol. The lowest BCUT2D eigenvalue weighted by Crippen LogP contribution is -2.33. The molecule has 1 atom stereocenters. The summed E-state index contributed by atoms with van der Waals surface area (Å²) in [5, 5.41) is 10.9. The van der Waals surface area contributed by atoms with E-state index < -0.39 is 12.0 Å². The molecule has 7 heteroatoms. The molecular formula is C6H13ClN2O3S. The van der Waals surface area contributed by atoms with Crippen molar-refractivity contribution in [2.24, 2.45) is 5.73 Å². The molecule has 0 fully saturated rings. The lowest BCUT2D eigenvalue weighted by Gasteiger charge is -2.05. The predicted molar refractivity (Wildman–Crippen MR) is 54.0 cm³/mol. The van der Waals surface area contributed by atoms with Gasteiger partial charge in [-0.3, -0.25) is 9.59 Å². The van der Waals surface area contributed by atoms with Crippen LogP contribution in [0, 0.1) is 0 Å². The van der Waals surface area contributed by atoms with Crippen molar-refractivity contribution < 1.29 is 14.7 Å². The summed E-state index contributed by atoms with van der Waals surface area (Å²) in [5.74, 6) is -0.455. The van der Waals surface area contributed by atoms with Crippen molar-refractivity contribution in [3.8, 4) is 0 Å². The number of amides is 1. The van der Waals surface area contributed by atoms with Crippen LogP contribution in [-0.2, 0) is 9.59 Å². The van der Waals surface area contributed by atoms with E-state index in [0.29, 0.717) is 11.6 Å². The quantitative estimate of drug-likeness (QED) is 0.442. The normalized spacial score (nSPS) is 11.2. The molecule has 0 heterocycles. The highest BCUT2D eigenvalue weighted by Gasteiger charge is 2.10. The summed E-state index contributed by atoms with van der Waals surface area (Å²) in [6, 6.07) is -0.858. The molecule has 1 amide bonds. The highest BCUT2D eigenvalue weighted by Crippen LogP contribution is 1.98. The molecule has 13 heavy (non-hydrogen) atoms. The van der Waals surface area contributed by atoms with Gasteiger partial charge in [-0.25, -0.2) is 0 Å². The molecule has 0 spiro atoms. The molecule has 0 aliphatic carbocycles. The van der Waals surface area contributed by atoms with Crippen LogP contribution < -0.4 is 11.1 Å². The van der Waals surface area contributed by atoms with Crippen LogP contribution in [-0.4, -0.2) is 34.7 Å². The van der Waals surface area contributed by atoms with E-state index in [1.807, 2.05) is 0 Å². The average molecular weight is 229 g/mol. The minimum absolute atomic E-state index is 0. The van der Waals surface area contributed by atoms with Crippen molar-refractivity contribution in [1.29, 1.82) is 0 Å². The monoisotopic (exact) mass is 228 g/mol. The Hall–Kier alpha value is -0.460. The molecule has 0 saturated heterocycles. The number of aliphatic carboxylic acids is 1. The Labute approximate surface area is 86.8 Å². The molecule has 0 rings (SSSR count). The molecule has 0 unspecified atom stereocenters. The van der Waals surface area contributed by atoms with Crippen molar-refractivity contribution >= 4 is 36.0 Å². The standard InChI is InChI=1S/C6H12N2O3S.ClH/c1-4(9)8-3-12-2-5(7)6(10)11;/h5H,2-3,7H2,1H3,(H,8,9)(H,10,11);1H/t5-;/m1./s1. The van der Waals surface area contributed by atoms with E-state index in [2.05, 4.69) is 5.32 Å². The van der Waals surface area contributed by atoms with Gasteiger partial charge >= 0.3 is 5.97 Å². The number of hydrogen-bond donors (Lipinski definition) is 3. The Kier molecular flexibility index (Phi) is 9.43. The first kappa shape index (κ1) is 15.0. The van der Waals surface area contributed by atoms with Crippen molar-refractivity contribution in [2.45, 2.75) is 13.0 Å². The number of carbonyl (C=O) groups excluding carboxylic acids is 1. The summed E-state index contributed by atoms with van der Waals surface area (Å²) in [7, 11) is 0. The summed E-state index contributed by atoms with van der Waals surface area (Å²) < 4.78 is 0. The van der Waals surface area contributed by atoms with Gasteiger partial charge in [0.05, 0.1) is 5.88 Å². The summed E-state index contributed by atoms with van der Waals surface area (Å²) in [5.41, 5.74) is 5.20. The fourth-order valence-electron chi connectivity index (χ4n) is 0.410.